The molecule has 0 aliphatic heterocycles. The number of hydrogen-bond donors (Lipinski definition) is 1. The number of nitrogens with one attached hydrogen (secondary N) is 1. The van der Waals surface area contributed by atoms with E-state index in [1.165, 1.54) is 18.2 Å². The molecule has 1 N–H and O–H groups in total. The molecule has 35 heavy (non-hydrogen) atoms. The van der Waals surface area contributed by atoms with E-state index in [2.05, 4.69) is 5.32 Å². The average molecular weight is 545 g/mol. The van der Waals surface area contributed by atoms with Gasteiger partial charge in [-0.15, -0.1) is 0 Å². The largest absolute Gasteiger partial charge is 0.417 e. The summed E-state index contributed by atoms with van der Waals surface area (Å²) < 4.78 is 64.9. The molecule has 0 fully saturated rings. The first kappa shape index (κ1) is 26.5. The first-order chi connectivity index (χ1) is 16.3. The third kappa shape index (κ3) is 6.53. The molecule has 0 atom stereocenters. The van der Waals surface area contributed by atoms with Gasteiger partial charge in [0.25, 0.3) is 0 Å². The van der Waals surface area contributed by atoms with Crippen molar-refractivity contribution >= 4 is 56.3 Å². The van der Waals surface area contributed by atoms with Gasteiger partial charge in [0, 0.05) is 16.1 Å². The van der Waals surface area contributed by atoms with E-state index in [4.69, 9.17) is 23.2 Å². The number of anilines is 2. The molecule has 1 amide bonds. The van der Waals surface area contributed by atoms with Crippen LogP contribution in [-0.4, -0.2) is 32.9 Å². The zero-order chi connectivity index (χ0) is 26.0. The van der Waals surface area contributed by atoms with Crippen molar-refractivity contribution in [2.24, 2.45) is 0 Å². The van der Waals surface area contributed by atoms with Crippen molar-refractivity contribution < 1.29 is 31.2 Å². The molecule has 0 bridgehead atoms. The van der Waals surface area contributed by atoms with E-state index in [-0.39, 0.29) is 16.3 Å². The summed E-state index contributed by atoms with van der Waals surface area (Å²) in [6.07, 6.45) is -4.09. The summed E-state index contributed by atoms with van der Waals surface area (Å²) in [6.45, 7) is -0.862. The molecule has 3 aromatic carbocycles. The third-order valence-corrected chi connectivity index (χ3v) is 6.47. The third-order valence-electron chi connectivity index (χ3n) is 4.77. The van der Waals surface area contributed by atoms with Crippen LogP contribution in [0.5, 0.6) is 0 Å². The first-order valence-corrected chi connectivity index (χ1v) is 12.4. The van der Waals surface area contributed by atoms with E-state index < -0.39 is 50.7 Å². The second-order valence-corrected chi connectivity index (χ2v) is 10.1. The van der Waals surface area contributed by atoms with Gasteiger partial charge in [0.1, 0.15) is 6.54 Å². The fraction of sp³-hybridized carbons (Fsp3) is 0.130. The van der Waals surface area contributed by atoms with Gasteiger partial charge in [-0.3, -0.25) is 13.9 Å². The second kappa shape index (κ2) is 10.3. The highest BCUT2D eigenvalue weighted by molar-refractivity contribution is 7.92. The van der Waals surface area contributed by atoms with E-state index in [1.807, 2.05) is 0 Å². The molecule has 3 rings (SSSR count). The number of rotatable bonds is 7. The molecule has 3 aromatic rings. The number of ketones is 1. The average Bonchev–Trinajstić information content (AvgIpc) is 2.78. The van der Waals surface area contributed by atoms with Crippen LogP contribution in [0.4, 0.5) is 24.5 Å². The smallest absolute Gasteiger partial charge is 0.324 e. The quantitative estimate of drug-likeness (QED) is 0.389. The highest BCUT2D eigenvalue weighted by atomic mass is 35.5. The predicted octanol–water partition coefficient (Wildman–Crippen LogP) is 5.65. The van der Waals surface area contributed by atoms with Gasteiger partial charge in [-0.2, -0.15) is 13.2 Å². The Labute approximate surface area is 209 Å². The van der Waals surface area contributed by atoms with Crippen molar-refractivity contribution in [2.45, 2.75) is 6.18 Å². The molecule has 0 radical (unpaired) electrons. The Morgan fingerprint density at radius 1 is 0.971 bits per heavy atom. The van der Waals surface area contributed by atoms with Crippen molar-refractivity contribution in [3.8, 4) is 0 Å². The van der Waals surface area contributed by atoms with Gasteiger partial charge in [0.2, 0.25) is 15.9 Å². The maximum Gasteiger partial charge on any atom is 0.417 e. The van der Waals surface area contributed by atoms with Crippen molar-refractivity contribution in [1.29, 1.82) is 0 Å². The van der Waals surface area contributed by atoms with Crippen molar-refractivity contribution in [3.05, 3.63) is 93.5 Å². The molecule has 0 heterocycles. The number of halogens is 5. The Hall–Kier alpha value is -3.08. The number of sulfonamides is 1. The van der Waals surface area contributed by atoms with Crippen LogP contribution in [0.15, 0.2) is 66.7 Å². The topological polar surface area (TPSA) is 83.6 Å². The normalized spacial score (nSPS) is 11.7. The molecule has 0 aliphatic carbocycles. The first-order valence-electron chi connectivity index (χ1n) is 9.81. The molecular formula is C23H17Cl2F3N2O4S. The molecule has 0 spiro atoms. The summed E-state index contributed by atoms with van der Waals surface area (Å²) in [5.74, 6) is -1.35. The summed E-state index contributed by atoms with van der Waals surface area (Å²) in [5.41, 5.74) is -1.23. The van der Waals surface area contributed by atoms with E-state index in [0.29, 0.717) is 15.9 Å². The molecule has 0 aromatic heterocycles. The lowest BCUT2D eigenvalue weighted by molar-refractivity contribution is -0.137. The van der Waals surface area contributed by atoms with Crippen molar-refractivity contribution in [1.82, 2.24) is 0 Å². The minimum absolute atomic E-state index is 0.0498. The summed E-state index contributed by atoms with van der Waals surface area (Å²) in [4.78, 5) is 25.7. The summed E-state index contributed by atoms with van der Waals surface area (Å²) in [7, 11) is -4.18. The Bertz CT molecular complexity index is 1380. The van der Waals surface area contributed by atoms with E-state index >= 15 is 0 Å². The van der Waals surface area contributed by atoms with Crippen LogP contribution in [0.25, 0.3) is 0 Å². The number of benzene rings is 3. The number of hydrogen-bond acceptors (Lipinski definition) is 4. The molecular weight excluding hydrogens is 528 g/mol. The van der Waals surface area contributed by atoms with Gasteiger partial charge >= 0.3 is 6.18 Å². The highest BCUT2D eigenvalue weighted by Crippen LogP contribution is 2.37. The number of carbonyl (C=O) groups is 2. The maximum absolute atomic E-state index is 13.3. The van der Waals surface area contributed by atoms with E-state index in [9.17, 15) is 31.2 Å². The molecule has 184 valence electrons. The molecule has 0 unspecified atom stereocenters. The number of nitrogens with zero attached hydrogens (tertiary/aromatic N) is 1. The van der Waals surface area contributed by atoms with E-state index in [1.54, 1.807) is 30.3 Å². The predicted molar refractivity (Wildman–Crippen MR) is 129 cm³/mol. The fourth-order valence-electron chi connectivity index (χ4n) is 3.16. The van der Waals surface area contributed by atoms with Gasteiger partial charge in [-0.25, -0.2) is 8.42 Å². The van der Waals surface area contributed by atoms with Gasteiger partial charge < -0.3 is 5.32 Å². The van der Waals surface area contributed by atoms with E-state index in [0.717, 1.165) is 18.4 Å². The second-order valence-electron chi connectivity index (χ2n) is 7.36. The Morgan fingerprint density at radius 3 is 2.23 bits per heavy atom. The minimum Gasteiger partial charge on any atom is -0.324 e. The standard InChI is InChI=1S/C23H17Cl2F3N2O4S/c1-35(33,34)30(16-8-9-19(25)18(12-16)23(26,27)28)13-21(31)29-20-10-7-15(24)11-17(20)22(32)14-5-3-2-4-6-14/h2-12H,13H2,1H3,(H,29,31). The molecule has 6 nitrogen and oxygen atoms in total. The zero-order valence-corrected chi connectivity index (χ0v) is 20.3. The molecule has 0 saturated heterocycles. The fourth-order valence-corrected chi connectivity index (χ4v) is 4.41. The lowest BCUT2D eigenvalue weighted by Gasteiger charge is -2.23. The molecule has 0 aliphatic rings. The highest BCUT2D eigenvalue weighted by Gasteiger charge is 2.34. The van der Waals surface area contributed by atoms with Crippen molar-refractivity contribution in [2.75, 3.05) is 22.4 Å². The van der Waals surface area contributed by atoms with Gasteiger partial charge in [-0.1, -0.05) is 53.5 Å². The van der Waals surface area contributed by atoms with Crippen LogP contribution in [0.3, 0.4) is 0 Å². The van der Waals surface area contributed by atoms with Crippen LogP contribution in [0, 0.1) is 0 Å². The molecule has 0 saturated carbocycles. The summed E-state index contributed by atoms with van der Waals surface area (Å²) >= 11 is 11.6. The Morgan fingerprint density at radius 2 is 1.63 bits per heavy atom. The SMILES string of the molecule is CS(=O)(=O)N(CC(=O)Nc1ccc(Cl)cc1C(=O)c1ccccc1)c1ccc(Cl)c(C(F)(F)F)c1. The Balaban J connectivity index is 1.92. The maximum atomic E-state index is 13.3. The number of alkyl halides is 3. The summed E-state index contributed by atoms with van der Waals surface area (Å²) in [5, 5.41) is 2.05. The molecule has 12 heteroatoms. The Kier molecular flexibility index (Phi) is 7.78. The van der Waals surface area contributed by atoms with Crippen molar-refractivity contribution in [3.63, 3.8) is 0 Å². The van der Waals surface area contributed by atoms with Gasteiger partial charge in [0.15, 0.2) is 5.78 Å². The monoisotopic (exact) mass is 544 g/mol. The van der Waals surface area contributed by atoms with Crippen LogP contribution < -0.4 is 9.62 Å². The van der Waals surface area contributed by atoms with Crippen LogP contribution in [0.2, 0.25) is 10.0 Å². The minimum atomic E-state index is -4.84. The van der Waals surface area contributed by atoms with Gasteiger partial charge in [-0.05, 0) is 36.4 Å². The number of carbonyl (C=O) groups excluding carboxylic acids is 2. The van der Waals surface area contributed by atoms with Gasteiger partial charge in [0.05, 0.1) is 28.2 Å². The zero-order valence-electron chi connectivity index (χ0n) is 17.9. The summed E-state index contributed by atoms with van der Waals surface area (Å²) in [6, 6.07) is 14.8. The van der Waals surface area contributed by atoms with Crippen LogP contribution >= 0.6 is 23.2 Å². The van der Waals surface area contributed by atoms with Crippen LogP contribution in [0.1, 0.15) is 21.5 Å². The number of amides is 1. The lowest BCUT2D eigenvalue weighted by atomic mass is 10.0. The lowest BCUT2D eigenvalue weighted by Crippen LogP contribution is -2.37. The van der Waals surface area contributed by atoms with Crippen LogP contribution in [-0.2, 0) is 21.0 Å².